The number of rotatable bonds is 3. The van der Waals surface area contributed by atoms with Gasteiger partial charge in [0.1, 0.15) is 11.2 Å². The van der Waals surface area contributed by atoms with Gasteiger partial charge < -0.3 is 4.42 Å². The molecule has 0 unspecified atom stereocenters. The Morgan fingerprint density at radius 3 is 1.73 bits per heavy atom. The van der Waals surface area contributed by atoms with Gasteiger partial charge in [0.2, 0.25) is 0 Å². The summed E-state index contributed by atoms with van der Waals surface area (Å²) in [6, 6.07) is 60.6. The molecule has 4 heteroatoms. The Kier molecular flexibility index (Phi) is 6.10. The second-order valence-electron chi connectivity index (χ2n) is 13.3. The van der Waals surface area contributed by atoms with Gasteiger partial charge >= 0.3 is 0 Å². The average Bonchev–Trinajstić information content (AvgIpc) is 3.70. The molecule has 7 aromatic carbocycles. The zero-order chi connectivity index (χ0) is 33.5. The standard InChI is InChI=1S/C47H28N2OS/c1-3-13-29(14-4-1)40-27-41(49-46(48-40)30-15-5-2-6-16-30)31-23-24-42-34(25-31)35-26-39-45(28-43(35)50-42)51-44-22-12-11-21-38(44)47(39)36-19-9-7-17-32(36)33-18-8-10-20-37(33)47/h1-28H. The maximum Gasteiger partial charge on any atom is 0.160 e. The molecule has 1 aliphatic carbocycles. The van der Waals surface area contributed by atoms with Crippen LogP contribution < -0.4 is 0 Å². The molecular weight excluding hydrogens is 641 g/mol. The fourth-order valence-electron chi connectivity index (χ4n) is 8.35. The van der Waals surface area contributed by atoms with E-state index in [1.54, 1.807) is 0 Å². The van der Waals surface area contributed by atoms with Crippen molar-refractivity contribution in [3.8, 4) is 45.0 Å². The zero-order valence-electron chi connectivity index (χ0n) is 27.4. The first kappa shape index (κ1) is 28.6. The van der Waals surface area contributed by atoms with Crippen LogP contribution in [0.3, 0.4) is 0 Å². The quantitative estimate of drug-likeness (QED) is 0.188. The SMILES string of the molecule is c1ccc(-c2cc(-c3ccc4oc5cc6c(cc5c4c3)C3(c4ccccc4S6)c4ccccc4-c4ccccc43)nc(-c3ccccc3)n2)cc1. The summed E-state index contributed by atoms with van der Waals surface area (Å²) >= 11 is 1.84. The summed E-state index contributed by atoms with van der Waals surface area (Å²) in [6.45, 7) is 0. The van der Waals surface area contributed by atoms with Gasteiger partial charge in [0.15, 0.2) is 5.82 Å². The zero-order valence-corrected chi connectivity index (χ0v) is 28.2. The number of hydrogen-bond acceptors (Lipinski definition) is 4. The van der Waals surface area contributed by atoms with Gasteiger partial charge in [-0.15, -0.1) is 0 Å². The molecule has 0 saturated carbocycles. The number of hydrogen-bond donors (Lipinski definition) is 0. The van der Waals surface area contributed by atoms with Crippen LogP contribution in [0.4, 0.5) is 0 Å². The molecule has 2 aliphatic rings. The van der Waals surface area contributed by atoms with Crippen LogP contribution >= 0.6 is 11.8 Å². The highest BCUT2D eigenvalue weighted by Gasteiger charge is 2.50. The first-order valence-electron chi connectivity index (χ1n) is 17.2. The normalized spacial score (nSPS) is 13.6. The summed E-state index contributed by atoms with van der Waals surface area (Å²) in [6.07, 6.45) is 0. The summed E-state index contributed by atoms with van der Waals surface area (Å²) < 4.78 is 6.63. The maximum atomic E-state index is 6.63. The van der Waals surface area contributed by atoms with Gasteiger partial charge in [-0.1, -0.05) is 139 Å². The topological polar surface area (TPSA) is 38.9 Å². The van der Waals surface area contributed by atoms with Crippen LogP contribution in [0.15, 0.2) is 184 Å². The van der Waals surface area contributed by atoms with Crippen molar-refractivity contribution in [2.75, 3.05) is 0 Å². The Bertz CT molecular complexity index is 2740. The molecule has 238 valence electrons. The molecule has 0 bridgehead atoms. The fourth-order valence-corrected chi connectivity index (χ4v) is 9.56. The lowest BCUT2D eigenvalue weighted by Gasteiger charge is -2.39. The Morgan fingerprint density at radius 1 is 0.412 bits per heavy atom. The molecule has 2 aromatic heterocycles. The lowest BCUT2D eigenvalue weighted by Crippen LogP contribution is -2.31. The van der Waals surface area contributed by atoms with E-state index in [1.165, 1.54) is 43.2 Å². The summed E-state index contributed by atoms with van der Waals surface area (Å²) in [5, 5.41) is 2.18. The van der Waals surface area contributed by atoms with E-state index >= 15 is 0 Å². The molecule has 0 atom stereocenters. The molecule has 3 nitrogen and oxygen atoms in total. The first-order valence-corrected chi connectivity index (χ1v) is 18.1. The van der Waals surface area contributed by atoms with Crippen molar-refractivity contribution in [3.63, 3.8) is 0 Å². The molecule has 1 spiro atoms. The van der Waals surface area contributed by atoms with Crippen molar-refractivity contribution in [2.45, 2.75) is 15.2 Å². The van der Waals surface area contributed by atoms with Crippen LogP contribution in [0.5, 0.6) is 0 Å². The van der Waals surface area contributed by atoms with Crippen LogP contribution in [0, 0.1) is 0 Å². The molecule has 9 aromatic rings. The van der Waals surface area contributed by atoms with Gasteiger partial charge in [-0.2, -0.15) is 0 Å². The Morgan fingerprint density at radius 2 is 1.00 bits per heavy atom. The van der Waals surface area contributed by atoms with E-state index in [1.807, 2.05) is 48.2 Å². The van der Waals surface area contributed by atoms with Gasteiger partial charge in [-0.25, -0.2) is 9.97 Å². The van der Waals surface area contributed by atoms with Crippen molar-refractivity contribution in [3.05, 3.63) is 192 Å². The third-order valence-corrected chi connectivity index (χ3v) is 11.7. The Hall–Kier alpha value is -6.23. The molecule has 51 heavy (non-hydrogen) atoms. The number of aromatic nitrogens is 2. The van der Waals surface area contributed by atoms with Gasteiger partial charge in [0.25, 0.3) is 0 Å². The number of furan rings is 1. The van der Waals surface area contributed by atoms with Gasteiger partial charge in [-0.05, 0) is 75.8 Å². The molecule has 0 N–H and O–H groups in total. The maximum absolute atomic E-state index is 6.63. The largest absolute Gasteiger partial charge is 0.456 e. The van der Waals surface area contributed by atoms with E-state index in [4.69, 9.17) is 14.4 Å². The number of nitrogens with zero attached hydrogens (tertiary/aromatic N) is 2. The van der Waals surface area contributed by atoms with Crippen LogP contribution in [0.25, 0.3) is 67.0 Å². The van der Waals surface area contributed by atoms with E-state index in [0.717, 1.165) is 50.0 Å². The highest BCUT2D eigenvalue weighted by atomic mass is 32.2. The lowest BCUT2D eigenvalue weighted by atomic mass is 9.67. The van der Waals surface area contributed by atoms with Crippen LogP contribution in [-0.4, -0.2) is 9.97 Å². The molecular formula is C47H28N2OS. The molecule has 11 rings (SSSR count). The monoisotopic (exact) mass is 668 g/mol. The van der Waals surface area contributed by atoms with E-state index < -0.39 is 5.41 Å². The predicted octanol–water partition coefficient (Wildman–Crippen LogP) is 12.2. The first-order chi connectivity index (χ1) is 25.3. The van der Waals surface area contributed by atoms with Crippen molar-refractivity contribution in [1.82, 2.24) is 9.97 Å². The van der Waals surface area contributed by atoms with E-state index in [2.05, 4.69) is 133 Å². The van der Waals surface area contributed by atoms with E-state index in [0.29, 0.717) is 5.82 Å². The summed E-state index contributed by atoms with van der Waals surface area (Å²) in [4.78, 5) is 12.6. The minimum atomic E-state index is -0.443. The molecule has 1 aliphatic heterocycles. The molecule has 0 fully saturated rings. The van der Waals surface area contributed by atoms with Gasteiger partial charge in [-0.3, -0.25) is 0 Å². The second kappa shape index (κ2) is 10.9. The second-order valence-corrected chi connectivity index (χ2v) is 14.4. The Labute approximate surface area is 299 Å². The van der Waals surface area contributed by atoms with Crippen molar-refractivity contribution < 1.29 is 4.42 Å². The molecule has 0 saturated heterocycles. The number of benzene rings is 7. The highest BCUT2D eigenvalue weighted by Crippen LogP contribution is 2.62. The minimum Gasteiger partial charge on any atom is -0.456 e. The number of fused-ring (bicyclic) bond motifs is 12. The van der Waals surface area contributed by atoms with Gasteiger partial charge in [0, 0.05) is 37.3 Å². The third kappa shape index (κ3) is 4.14. The molecule has 0 amide bonds. The summed E-state index contributed by atoms with van der Waals surface area (Å²) in [5.41, 5.74) is 14.0. The predicted molar refractivity (Wildman–Crippen MR) is 207 cm³/mol. The van der Waals surface area contributed by atoms with Crippen molar-refractivity contribution >= 4 is 33.7 Å². The smallest absolute Gasteiger partial charge is 0.160 e. The lowest BCUT2D eigenvalue weighted by molar-refractivity contribution is 0.664. The average molecular weight is 669 g/mol. The van der Waals surface area contributed by atoms with Gasteiger partial charge in [0.05, 0.1) is 16.8 Å². The third-order valence-electron chi connectivity index (χ3n) is 10.6. The van der Waals surface area contributed by atoms with Crippen molar-refractivity contribution in [2.24, 2.45) is 0 Å². The Balaban J connectivity index is 1.16. The van der Waals surface area contributed by atoms with E-state index in [-0.39, 0.29) is 0 Å². The molecule has 0 radical (unpaired) electrons. The minimum absolute atomic E-state index is 0.443. The fraction of sp³-hybridized carbons (Fsp3) is 0.0213. The van der Waals surface area contributed by atoms with Crippen molar-refractivity contribution in [1.29, 1.82) is 0 Å². The summed E-state index contributed by atoms with van der Waals surface area (Å²) in [7, 11) is 0. The van der Waals surface area contributed by atoms with Crippen LogP contribution in [0.1, 0.15) is 22.3 Å². The summed E-state index contributed by atoms with van der Waals surface area (Å²) in [5.74, 6) is 0.703. The highest BCUT2D eigenvalue weighted by molar-refractivity contribution is 7.99. The van der Waals surface area contributed by atoms with Crippen LogP contribution in [-0.2, 0) is 5.41 Å². The van der Waals surface area contributed by atoms with Crippen LogP contribution in [0.2, 0.25) is 0 Å². The molecule has 3 heterocycles. The van der Waals surface area contributed by atoms with E-state index in [9.17, 15) is 0 Å².